The number of guanidine groups is 1. The van der Waals surface area contributed by atoms with Crippen LogP contribution in [0.1, 0.15) is 12.5 Å². The van der Waals surface area contributed by atoms with Gasteiger partial charge in [0.05, 0.1) is 10.7 Å². The van der Waals surface area contributed by atoms with E-state index >= 15 is 0 Å². The van der Waals surface area contributed by atoms with Crippen LogP contribution in [0.15, 0.2) is 18.2 Å². The summed E-state index contributed by atoms with van der Waals surface area (Å²) in [6.07, 6.45) is 0.847. The van der Waals surface area contributed by atoms with Crippen molar-refractivity contribution in [2.75, 3.05) is 11.9 Å². The van der Waals surface area contributed by atoms with Gasteiger partial charge in [0.15, 0.2) is 0 Å². The predicted octanol–water partition coefficient (Wildman–Crippen LogP) is 1.94. The summed E-state index contributed by atoms with van der Waals surface area (Å²) in [5, 5.41) is 10.2. The van der Waals surface area contributed by atoms with E-state index in [1.807, 2.05) is 13.0 Å². The van der Waals surface area contributed by atoms with Crippen LogP contribution in [0.5, 0.6) is 0 Å². The molecule has 0 unspecified atom stereocenters. The fraction of sp³-hybridized carbons (Fsp3) is 0.273. The zero-order valence-electron chi connectivity index (χ0n) is 9.75. The quantitative estimate of drug-likeness (QED) is 0.557. The molecule has 0 bridgehead atoms. The molecule has 0 heterocycles. The number of hydrogen-bond acceptors (Lipinski definition) is 2. The molecule has 5 nitrogen and oxygen atoms in total. The molecule has 0 aliphatic rings. The lowest BCUT2D eigenvalue weighted by Crippen LogP contribution is -2.46. The molecule has 0 aliphatic heterocycles. The van der Waals surface area contributed by atoms with E-state index in [1.54, 1.807) is 12.1 Å². The van der Waals surface area contributed by atoms with Crippen LogP contribution in [-0.2, 0) is 6.42 Å². The molecule has 1 aromatic carbocycles. The van der Waals surface area contributed by atoms with Crippen LogP contribution in [0.4, 0.5) is 10.5 Å². The van der Waals surface area contributed by atoms with E-state index in [4.69, 9.17) is 22.7 Å². The van der Waals surface area contributed by atoms with E-state index in [9.17, 15) is 4.79 Å². The van der Waals surface area contributed by atoms with E-state index < -0.39 is 6.03 Å². The lowest BCUT2D eigenvalue weighted by molar-refractivity contribution is 0.251. The Labute approximate surface area is 105 Å². The number of amides is 2. The Kier molecular flexibility index (Phi) is 4.34. The normalized spacial score (nSPS) is 9.82. The first-order valence-electron chi connectivity index (χ1n) is 5.15. The maximum atomic E-state index is 11.6. The summed E-state index contributed by atoms with van der Waals surface area (Å²) in [7, 11) is 1.46. The number of urea groups is 1. The largest absolute Gasteiger partial charge is 0.369 e. The Morgan fingerprint density at radius 1 is 1.59 bits per heavy atom. The molecule has 0 aromatic heterocycles. The Hall–Kier alpha value is -1.75. The number of aryl methyl sites for hydroxylation is 1. The van der Waals surface area contributed by atoms with Gasteiger partial charge in [-0.15, -0.1) is 0 Å². The standard InChI is InChI=1S/C11H15ClN4O/c1-3-7-4-5-9(8(12)6-7)16(10(13)14)11(17)15-2/h4-6H,3H2,1-2H3,(H3,13,14)(H,15,17). The second-order valence-corrected chi connectivity index (χ2v) is 3.82. The van der Waals surface area contributed by atoms with Gasteiger partial charge in [0.2, 0.25) is 5.96 Å². The van der Waals surface area contributed by atoms with E-state index in [1.165, 1.54) is 7.05 Å². The predicted molar refractivity (Wildman–Crippen MR) is 69.7 cm³/mol. The molecule has 92 valence electrons. The van der Waals surface area contributed by atoms with Crippen LogP contribution in [0.25, 0.3) is 0 Å². The van der Waals surface area contributed by atoms with Crippen molar-refractivity contribution >= 4 is 29.3 Å². The molecular formula is C11H15ClN4O. The third-order valence-electron chi connectivity index (χ3n) is 2.32. The first-order valence-corrected chi connectivity index (χ1v) is 5.53. The summed E-state index contributed by atoms with van der Waals surface area (Å²) in [5.41, 5.74) is 6.83. The zero-order chi connectivity index (χ0) is 13.0. The first kappa shape index (κ1) is 13.3. The molecule has 4 N–H and O–H groups in total. The second kappa shape index (κ2) is 5.54. The topological polar surface area (TPSA) is 82.2 Å². The lowest BCUT2D eigenvalue weighted by atomic mass is 10.1. The van der Waals surface area contributed by atoms with Gasteiger partial charge in [0.25, 0.3) is 0 Å². The molecule has 2 amide bonds. The minimum atomic E-state index is -0.497. The summed E-state index contributed by atoms with van der Waals surface area (Å²) in [4.78, 5) is 12.6. The molecule has 6 heteroatoms. The molecule has 17 heavy (non-hydrogen) atoms. The van der Waals surface area contributed by atoms with Gasteiger partial charge in [0.1, 0.15) is 0 Å². The molecule has 0 aliphatic carbocycles. The number of halogens is 1. The van der Waals surface area contributed by atoms with Crippen molar-refractivity contribution in [2.45, 2.75) is 13.3 Å². The number of anilines is 1. The summed E-state index contributed by atoms with van der Waals surface area (Å²) in [6, 6.07) is 4.79. The highest BCUT2D eigenvalue weighted by Gasteiger charge is 2.19. The Balaban J connectivity index is 3.20. The Morgan fingerprint density at radius 2 is 2.24 bits per heavy atom. The number of nitrogens with two attached hydrogens (primary N) is 1. The van der Waals surface area contributed by atoms with Crippen molar-refractivity contribution in [3.8, 4) is 0 Å². The monoisotopic (exact) mass is 254 g/mol. The fourth-order valence-corrected chi connectivity index (χ4v) is 1.70. The molecule has 0 spiro atoms. The van der Waals surface area contributed by atoms with Crippen molar-refractivity contribution in [3.63, 3.8) is 0 Å². The van der Waals surface area contributed by atoms with Crippen LogP contribution in [0.3, 0.4) is 0 Å². The SMILES string of the molecule is CCc1ccc(N(C(=N)N)C(=O)NC)c(Cl)c1. The van der Waals surface area contributed by atoms with Gasteiger partial charge in [-0.3, -0.25) is 5.41 Å². The molecule has 0 saturated heterocycles. The zero-order valence-corrected chi connectivity index (χ0v) is 10.5. The summed E-state index contributed by atoms with van der Waals surface area (Å²) >= 11 is 6.07. The van der Waals surface area contributed by atoms with Gasteiger partial charge in [-0.2, -0.15) is 0 Å². The fourth-order valence-electron chi connectivity index (χ4n) is 1.41. The smallest absolute Gasteiger partial charge is 0.328 e. The van der Waals surface area contributed by atoms with Crippen LogP contribution >= 0.6 is 11.6 Å². The van der Waals surface area contributed by atoms with Crippen LogP contribution < -0.4 is 16.0 Å². The van der Waals surface area contributed by atoms with Crippen molar-refractivity contribution < 1.29 is 4.79 Å². The molecule has 0 saturated carbocycles. The van der Waals surface area contributed by atoms with Crippen LogP contribution in [0.2, 0.25) is 5.02 Å². The van der Waals surface area contributed by atoms with Gasteiger partial charge in [0, 0.05) is 7.05 Å². The minimum Gasteiger partial charge on any atom is -0.369 e. The van der Waals surface area contributed by atoms with Crippen LogP contribution in [-0.4, -0.2) is 19.0 Å². The van der Waals surface area contributed by atoms with E-state index in [2.05, 4.69) is 5.32 Å². The van der Waals surface area contributed by atoms with Crippen LogP contribution in [0, 0.1) is 5.41 Å². The molecule has 1 rings (SSSR count). The lowest BCUT2D eigenvalue weighted by Gasteiger charge is -2.21. The minimum absolute atomic E-state index is 0.379. The van der Waals surface area contributed by atoms with Gasteiger partial charge >= 0.3 is 6.03 Å². The maximum Gasteiger partial charge on any atom is 0.328 e. The summed E-state index contributed by atoms with van der Waals surface area (Å²) < 4.78 is 0. The average Bonchev–Trinajstić information content (AvgIpc) is 2.30. The molecule has 0 atom stereocenters. The molecule has 1 aromatic rings. The molecule has 0 radical (unpaired) electrons. The highest BCUT2D eigenvalue weighted by molar-refractivity contribution is 6.35. The Morgan fingerprint density at radius 3 is 2.65 bits per heavy atom. The number of carbonyl (C=O) groups excluding carboxylic acids is 1. The number of nitrogens with zero attached hydrogens (tertiary/aromatic N) is 1. The number of rotatable bonds is 2. The number of benzene rings is 1. The highest BCUT2D eigenvalue weighted by atomic mass is 35.5. The van der Waals surface area contributed by atoms with E-state index in [0.29, 0.717) is 10.7 Å². The summed E-state index contributed by atoms with van der Waals surface area (Å²) in [5.74, 6) is -0.379. The highest BCUT2D eigenvalue weighted by Crippen LogP contribution is 2.27. The van der Waals surface area contributed by atoms with Crippen molar-refractivity contribution in [1.29, 1.82) is 5.41 Å². The van der Waals surface area contributed by atoms with Gasteiger partial charge in [-0.1, -0.05) is 24.6 Å². The van der Waals surface area contributed by atoms with Gasteiger partial charge in [-0.25, -0.2) is 9.69 Å². The Bertz CT molecular complexity index is 447. The summed E-state index contributed by atoms with van der Waals surface area (Å²) in [6.45, 7) is 2.01. The van der Waals surface area contributed by atoms with E-state index in [-0.39, 0.29) is 5.96 Å². The van der Waals surface area contributed by atoms with Gasteiger partial charge < -0.3 is 11.1 Å². The number of hydrogen-bond donors (Lipinski definition) is 3. The average molecular weight is 255 g/mol. The van der Waals surface area contributed by atoms with Crippen molar-refractivity contribution in [3.05, 3.63) is 28.8 Å². The second-order valence-electron chi connectivity index (χ2n) is 3.42. The third-order valence-corrected chi connectivity index (χ3v) is 2.62. The van der Waals surface area contributed by atoms with Gasteiger partial charge in [-0.05, 0) is 24.1 Å². The number of carbonyl (C=O) groups is 1. The molecule has 0 fully saturated rings. The van der Waals surface area contributed by atoms with Crippen molar-refractivity contribution in [1.82, 2.24) is 5.32 Å². The number of nitrogens with one attached hydrogen (secondary N) is 2. The third kappa shape index (κ3) is 2.88. The first-order chi connectivity index (χ1) is 8.01. The van der Waals surface area contributed by atoms with Crippen molar-refractivity contribution in [2.24, 2.45) is 5.73 Å². The molecular weight excluding hydrogens is 240 g/mol. The maximum absolute atomic E-state index is 11.6. The van der Waals surface area contributed by atoms with E-state index in [0.717, 1.165) is 16.9 Å².